The van der Waals surface area contributed by atoms with E-state index in [1.165, 1.54) is 4.68 Å². The number of aromatic nitrogens is 2. The van der Waals surface area contributed by atoms with Crippen LogP contribution >= 0.6 is 27.5 Å². The van der Waals surface area contributed by atoms with Crippen molar-refractivity contribution in [2.75, 3.05) is 14.2 Å². The summed E-state index contributed by atoms with van der Waals surface area (Å²) in [5, 5.41) is 5.54. The van der Waals surface area contributed by atoms with Crippen molar-refractivity contribution < 1.29 is 14.2 Å². The second-order valence-corrected chi connectivity index (χ2v) is 8.86. The van der Waals surface area contributed by atoms with Crippen LogP contribution in [0.3, 0.4) is 0 Å². The topological polar surface area (TPSA) is 74.9 Å². The molecule has 0 aliphatic rings. The third-order valence-corrected chi connectivity index (χ3v) is 6.19. The standard InChI is InChI=1S/C26H23BrClN3O4/c1-4-24-30-21-10-9-18(27)13-19(21)26(32)31(24)29-14-16-11-22(33-2)25(23(12-16)34-3)35-15-17-7-5-6-8-20(17)28/h5-14H,4,15H2,1-3H3. The molecule has 0 aliphatic carbocycles. The quantitative estimate of drug-likeness (QED) is 0.254. The van der Waals surface area contributed by atoms with E-state index in [1.54, 1.807) is 44.7 Å². The van der Waals surface area contributed by atoms with Crippen LogP contribution in [0, 0.1) is 0 Å². The summed E-state index contributed by atoms with van der Waals surface area (Å²) in [5.41, 5.74) is 1.88. The second-order valence-electron chi connectivity index (χ2n) is 7.54. The number of methoxy groups -OCH3 is 2. The van der Waals surface area contributed by atoms with Crippen LogP contribution in [0.15, 0.2) is 69.0 Å². The van der Waals surface area contributed by atoms with Gasteiger partial charge in [-0.25, -0.2) is 4.98 Å². The first-order chi connectivity index (χ1) is 16.9. The molecule has 0 spiro atoms. The van der Waals surface area contributed by atoms with Gasteiger partial charge in [-0.1, -0.05) is 52.7 Å². The molecule has 0 aliphatic heterocycles. The van der Waals surface area contributed by atoms with Crippen LogP contribution in [-0.4, -0.2) is 30.1 Å². The lowest BCUT2D eigenvalue weighted by Gasteiger charge is -2.16. The zero-order valence-corrected chi connectivity index (χ0v) is 21.8. The van der Waals surface area contributed by atoms with Gasteiger partial charge in [0.2, 0.25) is 5.75 Å². The van der Waals surface area contributed by atoms with Crippen LogP contribution in [0.4, 0.5) is 0 Å². The van der Waals surface area contributed by atoms with Crippen LogP contribution < -0.4 is 19.8 Å². The van der Waals surface area contributed by atoms with Gasteiger partial charge in [0.05, 0.1) is 31.3 Å². The number of nitrogens with zero attached hydrogens (tertiary/aromatic N) is 3. The molecule has 0 amide bonds. The number of hydrogen-bond acceptors (Lipinski definition) is 6. The molecule has 7 nitrogen and oxygen atoms in total. The lowest BCUT2D eigenvalue weighted by Crippen LogP contribution is -2.22. The normalized spacial score (nSPS) is 11.2. The van der Waals surface area contributed by atoms with E-state index in [0.29, 0.717) is 51.0 Å². The molecule has 0 fully saturated rings. The van der Waals surface area contributed by atoms with Gasteiger partial charge in [0.1, 0.15) is 12.4 Å². The summed E-state index contributed by atoms with van der Waals surface area (Å²) in [4.78, 5) is 17.7. The van der Waals surface area contributed by atoms with Crippen LogP contribution in [0.2, 0.25) is 5.02 Å². The van der Waals surface area contributed by atoms with Gasteiger partial charge in [-0.15, -0.1) is 0 Å². The fourth-order valence-electron chi connectivity index (χ4n) is 3.55. The Kier molecular flexibility index (Phi) is 7.73. The van der Waals surface area contributed by atoms with Crippen molar-refractivity contribution >= 4 is 44.6 Å². The van der Waals surface area contributed by atoms with Gasteiger partial charge in [-0.05, 0) is 36.4 Å². The van der Waals surface area contributed by atoms with Crippen LogP contribution in [0.1, 0.15) is 23.9 Å². The lowest BCUT2D eigenvalue weighted by atomic mass is 10.2. The molecule has 0 saturated heterocycles. The van der Waals surface area contributed by atoms with E-state index in [9.17, 15) is 4.79 Å². The molecule has 180 valence electrons. The number of halogens is 2. The van der Waals surface area contributed by atoms with Gasteiger partial charge < -0.3 is 14.2 Å². The van der Waals surface area contributed by atoms with Crippen molar-refractivity contribution in [1.82, 2.24) is 9.66 Å². The van der Waals surface area contributed by atoms with E-state index in [0.717, 1.165) is 10.0 Å². The molecule has 0 radical (unpaired) electrons. The number of hydrogen-bond donors (Lipinski definition) is 0. The number of fused-ring (bicyclic) bond motifs is 1. The highest BCUT2D eigenvalue weighted by molar-refractivity contribution is 9.10. The summed E-state index contributed by atoms with van der Waals surface area (Å²) in [5.74, 6) is 1.92. The molecule has 0 unspecified atom stereocenters. The fourth-order valence-corrected chi connectivity index (χ4v) is 4.10. The highest BCUT2D eigenvalue weighted by Crippen LogP contribution is 2.39. The monoisotopic (exact) mass is 555 g/mol. The molecule has 0 N–H and O–H groups in total. The average Bonchev–Trinajstić information content (AvgIpc) is 2.87. The molecule has 9 heteroatoms. The van der Waals surface area contributed by atoms with E-state index < -0.39 is 0 Å². The van der Waals surface area contributed by atoms with Crippen molar-refractivity contribution in [2.45, 2.75) is 20.0 Å². The Morgan fingerprint density at radius 2 is 1.80 bits per heavy atom. The molecular weight excluding hydrogens is 534 g/mol. The third-order valence-electron chi connectivity index (χ3n) is 5.33. The Morgan fingerprint density at radius 1 is 1.09 bits per heavy atom. The molecule has 0 atom stereocenters. The Bertz CT molecular complexity index is 1440. The third kappa shape index (κ3) is 5.33. The van der Waals surface area contributed by atoms with E-state index in [-0.39, 0.29) is 12.2 Å². The van der Waals surface area contributed by atoms with Crippen LogP contribution in [0.5, 0.6) is 17.2 Å². The van der Waals surface area contributed by atoms with Crippen LogP contribution in [-0.2, 0) is 13.0 Å². The van der Waals surface area contributed by atoms with Crippen molar-refractivity contribution in [3.8, 4) is 17.2 Å². The lowest BCUT2D eigenvalue weighted by molar-refractivity contribution is 0.266. The summed E-state index contributed by atoms with van der Waals surface area (Å²) in [6, 6.07) is 16.4. The van der Waals surface area contributed by atoms with Gasteiger partial charge in [0.25, 0.3) is 5.56 Å². The van der Waals surface area contributed by atoms with Gasteiger partial charge in [-0.3, -0.25) is 4.79 Å². The molecule has 4 aromatic rings. The molecule has 0 saturated carbocycles. The Hall–Kier alpha value is -3.36. The zero-order valence-electron chi connectivity index (χ0n) is 19.4. The van der Waals surface area contributed by atoms with Gasteiger partial charge in [0.15, 0.2) is 11.5 Å². The summed E-state index contributed by atoms with van der Waals surface area (Å²) in [7, 11) is 3.09. The molecule has 1 heterocycles. The van der Waals surface area contributed by atoms with Crippen molar-refractivity contribution in [3.63, 3.8) is 0 Å². The molecule has 4 rings (SSSR count). The first-order valence-corrected chi connectivity index (χ1v) is 12.0. The highest BCUT2D eigenvalue weighted by Gasteiger charge is 2.15. The van der Waals surface area contributed by atoms with Crippen molar-refractivity contribution in [3.05, 3.63) is 91.4 Å². The van der Waals surface area contributed by atoms with Crippen LogP contribution in [0.25, 0.3) is 10.9 Å². The molecule has 3 aromatic carbocycles. The Balaban J connectivity index is 1.70. The van der Waals surface area contributed by atoms with Gasteiger partial charge in [0, 0.05) is 27.0 Å². The average molecular weight is 557 g/mol. The van der Waals surface area contributed by atoms with Gasteiger partial charge in [-0.2, -0.15) is 9.78 Å². The van der Waals surface area contributed by atoms with E-state index in [1.807, 2.05) is 37.3 Å². The molecule has 0 bridgehead atoms. The smallest absolute Gasteiger partial charge is 0.282 e. The second kappa shape index (κ2) is 10.9. The number of ether oxygens (including phenoxy) is 3. The van der Waals surface area contributed by atoms with E-state index in [2.05, 4.69) is 26.0 Å². The maximum Gasteiger partial charge on any atom is 0.282 e. The largest absolute Gasteiger partial charge is 0.493 e. The van der Waals surface area contributed by atoms with E-state index in [4.69, 9.17) is 25.8 Å². The number of aryl methyl sites for hydroxylation is 1. The zero-order chi connectivity index (χ0) is 24.9. The molecule has 35 heavy (non-hydrogen) atoms. The minimum Gasteiger partial charge on any atom is -0.493 e. The van der Waals surface area contributed by atoms with E-state index >= 15 is 0 Å². The molecular formula is C26H23BrClN3O4. The minimum absolute atomic E-state index is 0.243. The van der Waals surface area contributed by atoms with Gasteiger partial charge >= 0.3 is 0 Å². The predicted octanol–water partition coefficient (Wildman–Crippen LogP) is 5.85. The highest BCUT2D eigenvalue weighted by atomic mass is 79.9. The summed E-state index contributed by atoms with van der Waals surface area (Å²) < 4.78 is 19.2. The van der Waals surface area contributed by atoms with Crippen molar-refractivity contribution in [1.29, 1.82) is 0 Å². The maximum atomic E-state index is 13.1. The Labute approximate surface area is 216 Å². The molecule has 1 aromatic heterocycles. The minimum atomic E-state index is -0.247. The first kappa shape index (κ1) is 24.8. The summed E-state index contributed by atoms with van der Waals surface area (Å²) in [6.07, 6.45) is 2.11. The SMILES string of the molecule is CCc1nc2ccc(Br)cc2c(=O)n1N=Cc1cc(OC)c(OCc2ccccc2Cl)c(OC)c1. The maximum absolute atomic E-state index is 13.1. The summed E-state index contributed by atoms with van der Waals surface area (Å²) in [6.45, 7) is 2.17. The first-order valence-electron chi connectivity index (χ1n) is 10.8. The predicted molar refractivity (Wildman–Crippen MR) is 141 cm³/mol. The Morgan fingerprint density at radius 3 is 2.46 bits per heavy atom. The fraction of sp³-hybridized carbons (Fsp3) is 0.192. The number of benzene rings is 3. The number of rotatable bonds is 8. The summed E-state index contributed by atoms with van der Waals surface area (Å²) >= 11 is 9.66. The van der Waals surface area contributed by atoms with Crippen molar-refractivity contribution in [2.24, 2.45) is 5.10 Å².